The van der Waals surface area contributed by atoms with Gasteiger partial charge >= 0.3 is 5.97 Å². The van der Waals surface area contributed by atoms with Gasteiger partial charge in [0.1, 0.15) is 29.6 Å². The van der Waals surface area contributed by atoms with Crippen LogP contribution in [0.3, 0.4) is 0 Å². The fraction of sp³-hybridized carbons (Fsp3) is 0.480. The van der Waals surface area contributed by atoms with E-state index in [1.807, 2.05) is 40.8 Å². The van der Waals surface area contributed by atoms with E-state index in [4.69, 9.17) is 9.47 Å². The van der Waals surface area contributed by atoms with Crippen molar-refractivity contribution >= 4 is 5.97 Å². The van der Waals surface area contributed by atoms with E-state index in [0.29, 0.717) is 31.0 Å². The molecule has 0 aliphatic rings. The molecule has 2 rings (SSSR count). The van der Waals surface area contributed by atoms with Gasteiger partial charge in [-0.2, -0.15) is 0 Å². The molecule has 6 nitrogen and oxygen atoms in total. The Bertz CT molecular complexity index is 965. The molecule has 0 aliphatic heterocycles. The first-order valence-corrected chi connectivity index (χ1v) is 10.6. The second-order valence-electron chi connectivity index (χ2n) is 8.54. The van der Waals surface area contributed by atoms with Gasteiger partial charge < -0.3 is 19.7 Å². The summed E-state index contributed by atoms with van der Waals surface area (Å²) < 4.78 is 11.5. The van der Waals surface area contributed by atoms with Crippen LogP contribution in [0.4, 0.5) is 0 Å². The second-order valence-corrected chi connectivity index (χ2v) is 8.54. The average Bonchev–Trinajstić information content (AvgIpc) is 2.69. The summed E-state index contributed by atoms with van der Waals surface area (Å²) in [6.45, 7) is 14.5. The number of aromatic hydroxyl groups is 2. The van der Waals surface area contributed by atoms with E-state index < -0.39 is 0 Å². The summed E-state index contributed by atoms with van der Waals surface area (Å²) in [5.74, 6) is 1.65. The molecule has 2 N–H and O–H groups in total. The quantitative estimate of drug-likeness (QED) is 0.459. The molecule has 2 aromatic rings. The maximum Gasteiger partial charge on any atom is 0.308 e. The number of benzene rings is 2. The van der Waals surface area contributed by atoms with Gasteiger partial charge in [-0.1, -0.05) is 13.8 Å². The standard InChI is InChI=1S/C25H35NO5/c1-14(2)20-12-22(28)15(3)11-23(20)30-10-9-26(8)13-21-18(6)25(31-19(7)27)17(5)16(4)24(21)29/h11-12,14,28-29H,9-10,13H2,1-8H3. The number of likely N-dealkylation sites (N-methyl/N-ethyl adjacent to an activating group) is 1. The molecule has 0 saturated carbocycles. The van der Waals surface area contributed by atoms with Gasteiger partial charge in [-0.25, -0.2) is 0 Å². The van der Waals surface area contributed by atoms with Crippen molar-refractivity contribution in [2.24, 2.45) is 0 Å². The van der Waals surface area contributed by atoms with E-state index in [0.717, 1.165) is 33.6 Å². The summed E-state index contributed by atoms with van der Waals surface area (Å²) in [6.07, 6.45) is 0. The van der Waals surface area contributed by atoms with Crippen LogP contribution in [0.1, 0.15) is 60.1 Å². The molecule has 0 saturated heterocycles. The molecule has 0 aliphatic carbocycles. The Labute approximate surface area is 185 Å². The molecular weight excluding hydrogens is 394 g/mol. The molecule has 0 fully saturated rings. The number of hydrogen-bond acceptors (Lipinski definition) is 6. The molecule has 2 aromatic carbocycles. The molecule has 6 heteroatoms. The number of esters is 1. The van der Waals surface area contributed by atoms with E-state index in [-0.39, 0.29) is 23.4 Å². The Morgan fingerprint density at radius 2 is 1.71 bits per heavy atom. The van der Waals surface area contributed by atoms with E-state index in [1.165, 1.54) is 6.92 Å². The van der Waals surface area contributed by atoms with Gasteiger partial charge in [0.25, 0.3) is 0 Å². The lowest BCUT2D eigenvalue weighted by Gasteiger charge is -2.23. The van der Waals surface area contributed by atoms with Gasteiger partial charge in [0.05, 0.1) is 0 Å². The number of carbonyl (C=O) groups excluding carboxylic acids is 1. The first-order chi connectivity index (χ1) is 14.4. The number of nitrogens with zero attached hydrogens (tertiary/aromatic N) is 1. The van der Waals surface area contributed by atoms with Gasteiger partial charge in [-0.15, -0.1) is 0 Å². The second kappa shape index (κ2) is 10.1. The maximum absolute atomic E-state index is 11.5. The van der Waals surface area contributed by atoms with Crippen LogP contribution < -0.4 is 9.47 Å². The van der Waals surface area contributed by atoms with E-state index in [9.17, 15) is 15.0 Å². The summed E-state index contributed by atoms with van der Waals surface area (Å²) in [4.78, 5) is 13.6. The van der Waals surface area contributed by atoms with Crippen LogP contribution in [0.25, 0.3) is 0 Å². The number of phenolic OH excluding ortho intramolecular Hbond substituents is 2. The Morgan fingerprint density at radius 1 is 1.06 bits per heavy atom. The van der Waals surface area contributed by atoms with E-state index in [1.54, 1.807) is 6.07 Å². The Balaban J connectivity index is 2.14. The molecule has 0 amide bonds. The minimum Gasteiger partial charge on any atom is -0.508 e. The van der Waals surface area contributed by atoms with Crippen molar-refractivity contribution < 1.29 is 24.5 Å². The number of aryl methyl sites for hydroxylation is 1. The van der Waals surface area contributed by atoms with Gasteiger partial charge in [-0.05, 0) is 69.5 Å². The monoisotopic (exact) mass is 429 g/mol. The van der Waals surface area contributed by atoms with Crippen molar-refractivity contribution in [2.45, 2.75) is 60.9 Å². The SMILES string of the molecule is CC(=O)Oc1c(C)c(C)c(O)c(CN(C)CCOc2cc(C)c(O)cc2C(C)C)c1C. The van der Waals surface area contributed by atoms with Crippen molar-refractivity contribution in [1.29, 1.82) is 0 Å². The zero-order chi connectivity index (χ0) is 23.5. The number of phenols is 2. The number of carbonyl (C=O) groups is 1. The van der Waals surface area contributed by atoms with Crippen LogP contribution in [0.15, 0.2) is 12.1 Å². The van der Waals surface area contributed by atoms with E-state index >= 15 is 0 Å². The highest BCUT2D eigenvalue weighted by Gasteiger charge is 2.20. The minimum atomic E-state index is -0.380. The van der Waals surface area contributed by atoms with Crippen molar-refractivity contribution in [1.82, 2.24) is 4.90 Å². The highest BCUT2D eigenvalue weighted by atomic mass is 16.5. The fourth-order valence-electron chi connectivity index (χ4n) is 3.58. The molecule has 170 valence electrons. The minimum absolute atomic E-state index is 0.231. The van der Waals surface area contributed by atoms with Crippen molar-refractivity contribution in [3.63, 3.8) is 0 Å². The molecule has 0 bridgehead atoms. The van der Waals surface area contributed by atoms with Crippen LogP contribution >= 0.6 is 0 Å². The smallest absolute Gasteiger partial charge is 0.308 e. The van der Waals surface area contributed by atoms with Crippen molar-refractivity contribution in [2.75, 3.05) is 20.2 Å². The fourth-order valence-corrected chi connectivity index (χ4v) is 3.58. The molecule has 0 heterocycles. The Kier molecular flexibility index (Phi) is 7.96. The average molecular weight is 430 g/mol. The summed E-state index contributed by atoms with van der Waals surface area (Å²) in [5.41, 5.74) is 4.73. The first kappa shape index (κ1) is 24.5. The summed E-state index contributed by atoms with van der Waals surface area (Å²) in [7, 11) is 1.95. The Morgan fingerprint density at radius 3 is 2.29 bits per heavy atom. The molecule has 0 spiro atoms. The van der Waals surface area contributed by atoms with Gasteiger partial charge in [0.15, 0.2) is 0 Å². The Hall–Kier alpha value is -2.73. The largest absolute Gasteiger partial charge is 0.508 e. The zero-order valence-electron chi connectivity index (χ0n) is 19.9. The highest BCUT2D eigenvalue weighted by Crippen LogP contribution is 2.38. The third-order valence-electron chi connectivity index (χ3n) is 5.69. The van der Waals surface area contributed by atoms with Crippen molar-refractivity contribution in [3.05, 3.63) is 45.5 Å². The van der Waals surface area contributed by atoms with Crippen LogP contribution in [0, 0.1) is 27.7 Å². The highest BCUT2D eigenvalue weighted by molar-refractivity contribution is 5.72. The third kappa shape index (κ3) is 5.70. The number of hydrogen-bond donors (Lipinski definition) is 2. The molecule has 31 heavy (non-hydrogen) atoms. The zero-order valence-corrected chi connectivity index (χ0v) is 19.9. The lowest BCUT2D eigenvalue weighted by Crippen LogP contribution is -2.25. The van der Waals surface area contributed by atoms with Crippen LogP contribution in [0.2, 0.25) is 0 Å². The van der Waals surface area contributed by atoms with Crippen molar-refractivity contribution in [3.8, 4) is 23.0 Å². The predicted molar refractivity (Wildman–Crippen MR) is 122 cm³/mol. The predicted octanol–water partition coefficient (Wildman–Crippen LogP) is 4.89. The van der Waals surface area contributed by atoms with E-state index in [2.05, 4.69) is 18.7 Å². The topological polar surface area (TPSA) is 79.2 Å². The van der Waals surface area contributed by atoms with Gasteiger partial charge in [0, 0.05) is 36.7 Å². The van der Waals surface area contributed by atoms with Crippen LogP contribution in [-0.2, 0) is 11.3 Å². The molecule has 0 radical (unpaired) electrons. The van der Waals surface area contributed by atoms with Crippen LogP contribution in [-0.4, -0.2) is 41.3 Å². The molecule has 0 atom stereocenters. The van der Waals surface area contributed by atoms with Gasteiger partial charge in [-0.3, -0.25) is 9.69 Å². The molecular formula is C25H35NO5. The number of ether oxygens (including phenoxy) is 2. The molecule has 0 unspecified atom stereocenters. The lowest BCUT2D eigenvalue weighted by molar-refractivity contribution is -0.132. The first-order valence-electron chi connectivity index (χ1n) is 10.6. The van der Waals surface area contributed by atoms with Gasteiger partial charge in [0.2, 0.25) is 0 Å². The summed E-state index contributed by atoms with van der Waals surface area (Å²) in [6, 6.07) is 3.64. The maximum atomic E-state index is 11.5. The van der Waals surface area contributed by atoms with Crippen LogP contribution in [0.5, 0.6) is 23.0 Å². The molecule has 0 aromatic heterocycles. The number of rotatable bonds is 8. The lowest BCUT2D eigenvalue weighted by atomic mass is 9.97. The third-order valence-corrected chi connectivity index (χ3v) is 5.69. The summed E-state index contributed by atoms with van der Waals surface area (Å²) in [5, 5.41) is 20.7. The summed E-state index contributed by atoms with van der Waals surface area (Å²) >= 11 is 0. The normalized spacial score (nSPS) is 11.3.